The predicted octanol–water partition coefficient (Wildman–Crippen LogP) is -0.0721. The summed E-state index contributed by atoms with van der Waals surface area (Å²) in [6, 6.07) is 5.47. The summed E-state index contributed by atoms with van der Waals surface area (Å²) >= 11 is 0. The van der Waals surface area contributed by atoms with Crippen LogP contribution in [-0.2, 0) is 10.0 Å². The first-order chi connectivity index (χ1) is 6.95. The van der Waals surface area contributed by atoms with Crippen LogP contribution in [0, 0.1) is 0 Å². The number of sulfonamides is 1. The largest absolute Gasteiger partial charge is 0.399 e. The van der Waals surface area contributed by atoms with E-state index in [2.05, 4.69) is 4.72 Å². The van der Waals surface area contributed by atoms with Crippen molar-refractivity contribution in [1.82, 2.24) is 4.72 Å². The molecule has 84 valence electrons. The molecule has 1 aromatic rings. The van der Waals surface area contributed by atoms with Crippen molar-refractivity contribution in [2.24, 2.45) is 0 Å². The molecule has 0 spiro atoms. The van der Waals surface area contributed by atoms with E-state index in [1.165, 1.54) is 12.1 Å². The van der Waals surface area contributed by atoms with Crippen LogP contribution in [0.2, 0.25) is 0 Å². The molecule has 6 heteroatoms. The minimum atomic E-state index is -3.58. The van der Waals surface area contributed by atoms with Gasteiger partial charge >= 0.3 is 0 Å². The lowest BCUT2D eigenvalue weighted by molar-refractivity contribution is 0.265. The summed E-state index contributed by atoms with van der Waals surface area (Å²) in [4.78, 5) is 0.0998. The summed E-state index contributed by atoms with van der Waals surface area (Å²) in [6.07, 6.45) is 0. The van der Waals surface area contributed by atoms with E-state index < -0.39 is 16.1 Å². The Morgan fingerprint density at radius 3 is 2.73 bits per heavy atom. The van der Waals surface area contributed by atoms with Gasteiger partial charge in [-0.15, -0.1) is 0 Å². The van der Waals surface area contributed by atoms with Crippen molar-refractivity contribution in [3.63, 3.8) is 0 Å². The average molecular weight is 230 g/mol. The molecule has 0 aliphatic carbocycles. The van der Waals surface area contributed by atoms with Crippen LogP contribution in [0.15, 0.2) is 29.2 Å². The van der Waals surface area contributed by atoms with Crippen molar-refractivity contribution in [1.29, 1.82) is 0 Å². The van der Waals surface area contributed by atoms with Gasteiger partial charge in [-0.05, 0) is 25.1 Å². The van der Waals surface area contributed by atoms with Gasteiger partial charge in [-0.1, -0.05) is 6.07 Å². The molecule has 1 rings (SSSR count). The van der Waals surface area contributed by atoms with Crippen molar-refractivity contribution in [3.05, 3.63) is 24.3 Å². The Hall–Kier alpha value is -1.11. The second-order valence-electron chi connectivity index (χ2n) is 3.28. The Labute approximate surface area is 89.0 Å². The highest BCUT2D eigenvalue weighted by atomic mass is 32.2. The minimum Gasteiger partial charge on any atom is -0.399 e. The van der Waals surface area contributed by atoms with Gasteiger partial charge in [-0.25, -0.2) is 13.1 Å². The Kier molecular flexibility index (Phi) is 3.67. The standard InChI is InChI=1S/C9H14N2O3S/c1-7(6-12)11-15(13,14)9-4-2-3-8(10)5-9/h2-5,7,11-12H,6,10H2,1H3. The molecule has 5 nitrogen and oxygen atoms in total. The van der Waals surface area contributed by atoms with Crippen LogP contribution in [0.25, 0.3) is 0 Å². The SMILES string of the molecule is CC(CO)NS(=O)(=O)c1cccc(N)c1. The average Bonchev–Trinajstić information content (AvgIpc) is 2.17. The first-order valence-corrected chi connectivity index (χ1v) is 5.93. The zero-order chi connectivity index (χ0) is 11.5. The Balaban J connectivity index is 2.96. The molecule has 0 bridgehead atoms. The lowest BCUT2D eigenvalue weighted by Crippen LogP contribution is -2.34. The molecule has 0 heterocycles. The number of hydrogen-bond donors (Lipinski definition) is 3. The van der Waals surface area contributed by atoms with Crippen molar-refractivity contribution >= 4 is 15.7 Å². The summed E-state index contributed by atoms with van der Waals surface area (Å²) in [7, 11) is -3.58. The molecule has 4 N–H and O–H groups in total. The van der Waals surface area contributed by atoms with Gasteiger partial charge in [0, 0.05) is 11.7 Å². The van der Waals surface area contributed by atoms with Crippen LogP contribution in [0.3, 0.4) is 0 Å². The third-order valence-electron chi connectivity index (χ3n) is 1.80. The predicted molar refractivity (Wildman–Crippen MR) is 57.7 cm³/mol. The third kappa shape index (κ3) is 3.19. The number of anilines is 1. The van der Waals surface area contributed by atoms with E-state index in [1.54, 1.807) is 19.1 Å². The zero-order valence-electron chi connectivity index (χ0n) is 8.34. The van der Waals surface area contributed by atoms with Crippen LogP contribution in [0.1, 0.15) is 6.92 Å². The maximum Gasteiger partial charge on any atom is 0.240 e. The van der Waals surface area contributed by atoms with Gasteiger partial charge in [0.2, 0.25) is 10.0 Å². The van der Waals surface area contributed by atoms with Gasteiger partial charge in [0.25, 0.3) is 0 Å². The second kappa shape index (κ2) is 4.61. The molecule has 1 aromatic carbocycles. The fourth-order valence-electron chi connectivity index (χ4n) is 1.05. The number of nitrogen functional groups attached to an aromatic ring is 1. The summed E-state index contributed by atoms with van der Waals surface area (Å²) in [5.41, 5.74) is 5.86. The Morgan fingerprint density at radius 1 is 1.53 bits per heavy atom. The summed E-state index contributed by atoms with van der Waals surface area (Å²) < 4.78 is 25.7. The summed E-state index contributed by atoms with van der Waals surface area (Å²) in [5, 5.41) is 8.75. The van der Waals surface area contributed by atoms with Crippen LogP contribution < -0.4 is 10.5 Å². The highest BCUT2D eigenvalue weighted by Crippen LogP contribution is 2.12. The molecule has 0 aliphatic rings. The van der Waals surface area contributed by atoms with Gasteiger partial charge in [0.05, 0.1) is 11.5 Å². The Morgan fingerprint density at radius 2 is 2.20 bits per heavy atom. The lowest BCUT2D eigenvalue weighted by atomic mass is 10.3. The summed E-state index contributed by atoms with van der Waals surface area (Å²) in [6.45, 7) is 1.32. The van der Waals surface area contributed by atoms with Gasteiger partial charge in [0.1, 0.15) is 0 Å². The van der Waals surface area contributed by atoms with Gasteiger partial charge in [-0.3, -0.25) is 0 Å². The highest BCUT2D eigenvalue weighted by molar-refractivity contribution is 7.89. The zero-order valence-corrected chi connectivity index (χ0v) is 9.16. The van der Waals surface area contributed by atoms with E-state index in [9.17, 15) is 8.42 Å². The molecule has 0 aliphatic heterocycles. The number of aliphatic hydroxyl groups is 1. The number of rotatable bonds is 4. The number of nitrogens with two attached hydrogens (primary N) is 1. The number of nitrogens with one attached hydrogen (secondary N) is 1. The third-order valence-corrected chi connectivity index (χ3v) is 3.39. The van der Waals surface area contributed by atoms with Crippen LogP contribution in [-0.4, -0.2) is 26.2 Å². The first kappa shape index (κ1) is 12.0. The van der Waals surface area contributed by atoms with Crippen molar-refractivity contribution < 1.29 is 13.5 Å². The highest BCUT2D eigenvalue weighted by Gasteiger charge is 2.16. The minimum absolute atomic E-state index is 0.0998. The molecule has 0 saturated carbocycles. The topological polar surface area (TPSA) is 92.4 Å². The molecule has 0 aromatic heterocycles. The molecule has 0 fully saturated rings. The van der Waals surface area contributed by atoms with Crippen LogP contribution >= 0.6 is 0 Å². The van der Waals surface area contributed by atoms with Gasteiger partial charge < -0.3 is 10.8 Å². The monoisotopic (exact) mass is 230 g/mol. The van der Waals surface area contributed by atoms with Crippen molar-refractivity contribution in [3.8, 4) is 0 Å². The first-order valence-electron chi connectivity index (χ1n) is 4.44. The fourth-order valence-corrected chi connectivity index (χ4v) is 2.34. The smallest absolute Gasteiger partial charge is 0.240 e. The lowest BCUT2D eigenvalue weighted by Gasteiger charge is -2.11. The normalized spacial score (nSPS) is 13.7. The van der Waals surface area contributed by atoms with Crippen LogP contribution in [0.5, 0.6) is 0 Å². The second-order valence-corrected chi connectivity index (χ2v) is 4.99. The van der Waals surface area contributed by atoms with E-state index in [4.69, 9.17) is 10.8 Å². The molecule has 1 unspecified atom stereocenters. The van der Waals surface area contributed by atoms with Crippen molar-refractivity contribution in [2.75, 3.05) is 12.3 Å². The van der Waals surface area contributed by atoms with Crippen molar-refractivity contribution in [2.45, 2.75) is 17.9 Å². The van der Waals surface area contributed by atoms with E-state index >= 15 is 0 Å². The Bertz CT molecular complexity index is 431. The van der Waals surface area contributed by atoms with Gasteiger partial charge in [-0.2, -0.15) is 0 Å². The number of benzene rings is 1. The summed E-state index contributed by atoms with van der Waals surface area (Å²) in [5.74, 6) is 0. The maximum absolute atomic E-state index is 11.7. The molecule has 0 saturated heterocycles. The quantitative estimate of drug-likeness (QED) is 0.631. The van der Waals surface area contributed by atoms with Crippen LogP contribution in [0.4, 0.5) is 5.69 Å². The van der Waals surface area contributed by atoms with E-state index in [0.29, 0.717) is 5.69 Å². The van der Waals surface area contributed by atoms with E-state index in [0.717, 1.165) is 0 Å². The maximum atomic E-state index is 11.7. The fraction of sp³-hybridized carbons (Fsp3) is 0.333. The molecule has 0 amide bonds. The van der Waals surface area contributed by atoms with Gasteiger partial charge in [0.15, 0.2) is 0 Å². The number of hydrogen-bond acceptors (Lipinski definition) is 4. The molecule has 0 radical (unpaired) electrons. The molecule has 15 heavy (non-hydrogen) atoms. The van der Waals surface area contributed by atoms with E-state index in [-0.39, 0.29) is 11.5 Å². The molecule has 1 atom stereocenters. The number of aliphatic hydroxyl groups excluding tert-OH is 1. The molecular weight excluding hydrogens is 216 g/mol. The molecular formula is C9H14N2O3S. The van der Waals surface area contributed by atoms with E-state index in [1.807, 2.05) is 0 Å².